The van der Waals surface area contributed by atoms with Gasteiger partial charge in [0, 0.05) is 18.2 Å². The molecule has 1 aliphatic rings. The van der Waals surface area contributed by atoms with Gasteiger partial charge in [0.15, 0.2) is 9.84 Å². The van der Waals surface area contributed by atoms with Gasteiger partial charge in [0.2, 0.25) is 0 Å². The molecule has 0 saturated carbocycles. The van der Waals surface area contributed by atoms with Crippen molar-refractivity contribution in [1.82, 2.24) is 0 Å². The minimum absolute atomic E-state index is 0.113. The van der Waals surface area contributed by atoms with E-state index in [1.165, 1.54) is 18.1 Å². The summed E-state index contributed by atoms with van der Waals surface area (Å²) in [6.07, 6.45) is 1.53. The molecule has 2 rings (SSSR count). The summed E-state index contributed by atoms with van der Waals surface area (Å²) in [4.78, 5) is 13.7. The van der Waals surface area contributed by atoms with Gasteiger partial charge in [0.05, 0.1) is 18.4 Å². The molecule has 1 heterocycles. The molecule has 6 nitrogen and oxygen atoms in total. The number of carbonyl (C=O) groups excluding carboxylic acids is 1. The molecule has 22 heavy (non-hydrogen) atoms. The topological polar surface area (TPSA) is 72.9 Å². The van der Waals surface area contributed by atoms with Crippen LogP contribution in [0.5, 0.6) is 5.75 Å². The predicted molar refractivity (Wildman–Crippen MR) is 83.7 cm³/mol. The van der Waals surface area contributed by atoms with E-state index in [1.54, 1.807) is 24.3 Å². The van der Waals surface area contributed by atoms with E-state index in [1.807, 2.05) is 6.92 Å². The molecule has 1 aromatic carbocycles. The lowest BCUT2D eigenvalue weighted by Crippen LogP contribution is -2.43. The number of hydrogen-bond donors (Lipinski definition) is 0. The van der Waals surface area contributed by atoms with Crippen molar-refractivity contribution in [3.8, 4) is 5.75 Å². The zero-order valence-electron chi connectivity index (χ0n) is 12.6. The highest BCUT2D eigenvalue weighted by Crippen LogP contribution is 2.25. The van der Waals surface area contributed by atoms with Gasteiger partial charge in [-0.1, -0.05) is 0 Å². The monoisotopic (exact) mass is 325 g/mol. The van der Waals surface area contributed by atoms with Crippen LogP contribution < -0.4 is 9.64 Å². The normalized spacial score (nSPS) is 19.1. The molecule has 0 unspecified atom stereocenters. The largest absolute Gasteiger partial charge is 0.494 e. The van der Waals surface area contributed by atoms with Crippen LogP contribution in [0, 0.1) is 0 Å². The Bertz CT molecular complexity index is 651. The summed E-state index contributed by atoms with van der Waals surface area (Å²) < 4.78 is 33.5. The lowest BCUT2D eigenvalue weighted by atomic mass is 10.2. The molecule has 0 bridgehead atoms. The summed E-state index contributed by atoms with van der Waals surface area (Å²) in [6.45, 7) is 2.32. The third-order valence-corrected chi connectivity index (χ3v) is 4.58. The second-order valence-corrected chi connectivity index (χ2v) is 6.78. The highest BCUT2D eigenvalue weighted by Gasteiger charge is 2.31. The van der Waals surface area contributed by atoms with Gasteiger partial charge in [0.25, 0.3) is 5.91 Å². The molecule has 0 fully saturated rings. The fourth-order valence-electron chi connectivity index (χ4n) is 2.30. The number of sulfone groups is 1. The van der Waals surface area contributed by atoms with E-state index in [4.69, 9.17) is 9.47 Å². The first-order valence-corrected chi connectivity index (χ1v) is 8.63. The van der Waals surface area contributed by atoms with Crippen LogP contribution in [0.1, 0.15) is 6.92 Å². The van der Waals surface area contributed by atoms with Crippen molar-refractivity contribution in [2.75, 3.05) is 31.0 Å². The Hall–Kier alpha value is -1.86. The summed E-state index contributed by atoms with van der Waals surface area (Å²) in [5.74, 6) is 0.286. The SMILES string of the molecule is CCOc1ccc(N(C(=O)COC)[C@@H]2C=CS(=O)(=O)C2)cc1. The van der Waals surface area contributed by atoms with E-state index in [9.17, 15) is 13.2 Å². The minimum atomic E-state index is -3.25. The molecule has 0 spiro atoms. The van der Waals surface area contributed by atoms with Crippen molar-refractivity contribution in [3.63, 3.8) is 0 Å². The lowest BCUT2D eigenvalue weighted by Gasteiger charge is -2.27. The van der Waals surface area contributed by atoms with Crippen LogP contribution >= 0.6 is 0 Å². The molecular weight excluding hydrogens is 306 g/mol. The molecule has 1 amide bonds. The van der Waals surface area contributed by atoms with Crippen molar-refractivity contribution in [1.29, 1.82) is 0 Å². The number of ether oxygens (including phenoxy) is 2. The first kappa shape index (κ1) is 16.5. The van der Waals surface area contributed by atoms with Crippen molar-refractivity contribution in [2.24, 2.45) is 0 Å². The maximum Gasteiger partial charge on any atom is 0.253 e. The molecule has 1 aliphatic heterocycles. The Morgan fingerprint density at radius 3 is 2.50 bits per heavy atom. The van der Waals surface area contributed by atoms with Crippen molar-refractivity contribution in [3.05, 3.63) is 35.7 Å². The Morgan fingerprint density at radius 1 is 1.32 bits per heavy atom. The smallest absolute Gasteiger partial charge is 0.253 e. The minimum Gasteiger partial charge on any atom is -0.494 e. The highest BCUT2D eigenvalue weighted by molar-refractivity contribution is 7.94. The summed E-state index contributed by atoms with van der Waals surface area (Å²) >= 11 is 0. The Balaban J connectivity index is 2.28. The van der Waals surface area contributed by atoms with Crippen LogP contribution in [-0.4, -0.2) is 46.4 Å². The van der Waals surface area contributed by atoms with Crippen molar-refractivity contribution >= 4 is 21.4 Å². The molecule has 0 N–H and O–H groups in total. The Morgan fingerprint density at radius 2 is 2.00 bits per heavy atom. The molecular formula is C15H19NO5S. The standard InChI is InChI=1S/C15H19NO5S/c1-3-21-14-6-4-12(5-7-14)16(15(17)10-20-2)13-8-9-22(18,19)11-13/h4-9,13H,3,10-11H2,1-2H3/t13-/m1/s1. The summed E-state index contributed by atoms with van der Waals surface area (Å²) in [5, 5.41) is 1.15. The number of anilines is 1. The van der Waals surface area contributed by atoms with E-state index >= 15 is 0 Å². The van der Waals surface area contributed by atoms with Crippen molar-refractivity contribution in [2.45, 2.75) is 13.0 Å². The van der Waals surface area contributed by atoms with E-state index < -0.39 is 15.9 Å². The van der Waals surface area contributed by atoms with Crippen molar-refractivity contribution < 1.29 is 22.7 Å². The second-order valence-electron chi connectivity index (χ2n) is 4.85. The van der Waals surface area contributed by atoms with Gasteiger partial charge >= 0.3 is 0 Å². The number of benzene rings is 1. The number of nitrogens with zero attached hydrogens (tertiary/aromatic N) is 1. The quantitative estimate of drug-likeness (QED) is 0.790. The van der Waals surface area contributed by atoms with Crippen LogP contribution in [0.3, 0.4) is 0 Å². The number of carbonyl (C=O) groups is 1. The van der Waals surface area contributed by atoms with Crippen LogP contribution in [-0.2, 0) is 19.4 Å². The van der Waals surface area contributed by atoms with Gasteiger partial charge in [-0.25, -0.2) is 8.42 Å². The molecule has 0 saturated heterocycles. The van der Waals surface area contributed by atoms with Gasteiger partial charge in [-0.15, -0.1) is 0 Å². The molecule has 0 aromatic heterocycles. The van der Waals surface area contributed by atoms with Crippen LogP contribution in [0.2, 0.25) is 0 Å². The zero-order valence-corrected chi connectivity index (χ0v) is 13.4. The third kappa shape index (κ3) is 3.86. The van der Waals surface area contributed by atoms with Gasteiger partial charge in [-0.05, 0) is 37.3 Å². The second kappa shape index (κ2) is 6.93. The average Bonchev–Trinajstić information content (AvgIpc) is 2.82. The average molecular weight is 325 g/mol. The summed E-state index contributed by atoms with van der Waals surface area (Å²) in [7, 11) is -1.83. The number of rotatable bonds is 6. The number of methoxy groups -OCH3 is 1. The fraction of sp³-hybridized carbons (Fsp3) is 0.400. The Labute approximate surface area is 130 Å². The first-order valence-electron chi connectivity index (χ1n) is 6.91. The van der Waals surface area contributed by atoms with E-state index in [-0.39, 0.29) is 18.3 Å². The molecule has 0 radical (unpaired) electrons. The van der Waals surface area contributed by atoms with Gasteiger partial charge in [-0.2, -0.15) is 0 Å². The maximum atomic E-state index is 12.3. The van der Waals surface area contributed by atoms with Crippen LogP contribution in [0.25, 0.3) is 0 Å². The van der Waals surface area contributed by atoms with Gasteiger partial charge in [0.1, 0.15) is 12.4 Å². The highest BCUT2D eigenvalue weighted by atomic mass is 32.2. The molecule has 120 valence electrons. The third-order valence-electron chi connectivity index (χ3n) is 3.21. The predicted octanol–water partition coefficient (Wildman–Crippen LogP) is 1.38. The molecule has 7 heteroatoms. The number of hydrogen-bond acceptors (Lipinski definition) is 5. The zero-order chi connectivity index (χ0) is 16.2. The van der Waals surface area contributed by atoms with Gasteiger partial charge < -0.3 is 14.4 Å². The van der Waals surface area contributed by atoms with E-state index in [0.29, 0.717) is 18.0 Å². The lowest BCUT2D eigenvalue weighted by molar-refractivity contribution is -0.122. The summed E-state index contributed by atoms with van der Waals surface area (Å²) in [6, 6.07) is 6.44. The fourth-order valence-corrected chi connectivity index (χ4v) is 3.57. The van der Waals surface area contributed by atoms with Crippen LogP contribution in [0.4, 0.5) is 5.69 Å². The molecule has 1 atom stereocenters. The molecule has 1 aromatic rings. The first-order chi connectivity index (χ1) is 10.5. The maximum absolute atomic E-state index is 12.3. The Kier molecular flexibility index (Phi) is 5.20. The molecule has 0 aliphatic carbocycles. The number of amides is 1. The van der Waals surface area contributed by atoms with Gasteiger partial charge in [-0.3, -0.25) is 4.79 Å². The van der Waals surface area contributed by atoms with Crippen LogP contribution in [0.15, 0.2) is 35.7 Å². The van der Waals surface area contributed by atoms with E-state index in [0.717, 1.165) is 5.41 Å². The van der Waals surface area contributed by atoms with E-state index in [2.05, 4.69) is 0 Å². The summed E-state index contributed by atoms with van der Waals surface area (Å²) in [5.41, 5.74) is 0.609.